The first-order valence-electron chi connectivity index (χ1n) is 11.9. The minimum absolute atomic E-state index is 0.0596. The first-order valence-corrected chi connectivity index (χ1v) is 11.9. The first kappa shape index (κ1) is 24.7. The number of hydrogen-bond donors (Lipinski definition) is 3. The van der Waals surface area contributed by atoms with E-state index in [4.69, 9.17) is 4.74 Å². The lowest BCUT2D eigenvalue weighted by Crippen LogP contribution is -2.58. The number of aliphatic hydroxyl groups is 1. The number of fused-ring (bicyclic) bond motifs is 3. The Balaban J connectivity index is 1.42. The van der Waals surface area contributed by atoms with Crippen LogP contribution in [0.3, 0.4) is 0 Å². The molecule has 2 aromatic carbocycles. The number of piperidine rings is 1. The zero-order valence-electron chi connectivity index (χ0n) is 20.3. The third kappa shape index (κ3) is 4.89. The molecule has 186 valence electrons. The number of carbonyl (C=O) groups excluding carboxylic acids is 2. The molecule has 2 amide bonds. The molecule has 3 N–H and O–H groups in total. The van der Waals surface area contributed by atoms with Gasteiger partial charge >= 0.3 is 12.1 Å². The van der Waals surface area contributed by atoms with Crippen LogP contribution in [0.1, 0.15) is 50.7 Å². The molecule has 1 heterocycles. The summed E-state index contributed by atoms with van der Waals surface area (Å²) in [5, 5.41) is 22.1. The Morgan fingerprint density at radius 3 is 2.03 bits per heavy atom. The summed E-state index contributed by atoms with van der Waals surface area (Å²) in [5.74, 6) is -1.69. The standard InChI is InChI=1S/C27H32N2O6/c1-26(2,3)22(23(30)29-14-12-27(34,13-15-29)24(31)32)28-25(33)35-16-21-19-10-6-4-8-17(19)18-9-5-7-11-20(18)21/h4-11,21-22,34H,12-16H2,1-3H3,(H,28,33)(H,31,32)/t22-/m0/s1. The van der Waals surface area contributed by atoms with Crippen LogP contribution in [0.25, 0.3) is 11.1 Å². The van der Waals surface area contributed by atoms with Crippen molar-refractivity contribution in [3.05, 3.63) is 59.7 Å². The van der Waals surface area contributed by atoms with Crippen molar-refractivity contribution in [2.24, 2.45) is 5.41 Å². The number of amides is 2. The predicted octanol–water partition coefficient (Wildman–Crippen LogP) is 3.38. The van der Waals surface area contributed by atoms with E-state index < -0.39 is 29.1 Å². The van der Waals surface area contributed by atoms with Gasteiger partial charge in [-0.2, -0.15) is 0 Å². The molecule has 35 heavy (non-hydrogen) atoms. The fraction of sp³-hybridized carbons (Fsp3) is 0.444. The molecule has 1 saturated heterocycles. The molecular formula is C27H32N2O6. The summed E-state index contributed by atoms with van der Waals surface area (Å²) in [4.78, 5) is 38.9. The van der Waals surface area contributed by atoms with Gasteiger partial charge in [0, 0.05) is 31.8 Å². The predicted molar refractivity (Wildman–Crippen MR) is 130 cm³/mol. The second kappa shape index (κ2) is 9.34. The zero-order chi connectivity index (χ0) is 25.4. The molecule has 2 aromatic rings. The fourth-order valence-electron chi connectivity index (χ4n) is 4.90. The topological polar surface area (TPSA) is 116 Å². The number of nitrogens with zero attached hydrogens (tertiary/aromatic N) is 1. The third-order valence-corrected chi connectivity index (χ3v) is 7.02. The Labute approximate surface area is 204 Å². The third-order valence-electron chi connectivity index (χ3n) is 7.02. The van der Waals surface area contributed by atoms with Crippen LogP contribution in [-0.2, 0) is 14.3 Å². The molecule has 8 heteroatoms. The lowest BCUT2D eigenvalue weighted by atomic mass is 9.84. The van der Waals surface area contributed by atoms with Gasteiger partial charge in [0.1, 0.15) is 12.6 Å². The van der Waals surface area contributed by atoms with Crippen molar-refractivity contribution < 1.29 is 29.3 Å². The van der Waals surface area contributed by atoms with Crippen LogP contribution in [0.5, 0.6) is 0 Å². The monoisotopic (exact) mass is 480 g/mol. The van der Waals surface area contributed by atoms with E-state index >= 15 is 0 Å². The lowest BCUT2D eigenvalue weighted by molar-refractivity contribution is -0.166. The van der Waals surface area contributed by atoms with Gasteiger partial charge in [-0.25, -0.2) is 9.59 Å². The molecular weight excluding hydrogens is 448 g/mol. The maximum Gasteiger partial charge on any atom is 0.407 e. The number of likely N-dealkylation sites (tertiary alicyclic amines) is 1. The molecule has 1 fully saturated rings. The van der Waals surface area contributed by atoms with E-state index in [0.717, 1.165) is 22.3 Å². The highest BCUT2D eigenvalue weighted by Crippen LogP contribution is 2.44. The van der Waals surface area contributed by atoms with E-state index in [1.807, 2.05) is 57.2 Å². The number of rotatable bonds is 5. The number of alkyl carbamates (subject to hydrolysis) is 1. The van der Waals surface area contributed by atoms with E-state index in [1.54, 1.807) is 0 Å². The van der Waals surface area contributed by atoms with E-state index in [2.05, 4.69) is 17.4 Å². The van der Waals surface area contributed by atoms with Gasteiger partial charge in [-0.3, -0.25) is 4.79 Å². The molecule has 1 atom stereocenters. The zero-order valence-corrected chi connectivity index (χ0v) is 20.3. The van der Waals surface area contributed by atoms with Crippen LogP contribution >= 0.6 is 0 Å². The molecule has 0 aromatic heterocycles. The smallest absolute Gasteiger partial charge is 0.407 e. The quantitative estimate of drug-likeness (QED) is 0.604. The van der Waals surface area contributed by atoms with Gasteiger partial charge in [-0.15, -0.1) is 0 Å². The SMILES string of the molecule is CC(C)(C)[C@@H](NC(=O)OCC1c2ccccc2-c2ccccc21)C(=O)N1CCC(O)(C(=O)O)CC1. The molecule has 8 nitrogen and oxygen atoms in total. The van der Waals surface area contributed by atoms with Crippen molar-refractivity contribution in [3.63, 3.8) is 0 Å². The highest BCUT2D eigenvalue weighted by atomic mass is 16.5. The molecule has 0 spiro atoms. The molecule has 1 aliphatic heterocycles. The van der Waals surface area contributed by atoms with Crippen LogP contribution in [-0.4, -0.2) is 64.4 Å². The van der Waals surface area contributed by atoms with E-state index in [0.29, 0.717) is 0 Å². The molecule has 0 radical (unpaired) electrons. The summed E-state index contributed by atoms with van der Waals surface area (Å²) in [5.41, 5.74) is 2.03. The van der Waals surface area contributed by atoms with E-state index in [9.17, 15) is 24.6 Å². The van der Waals surface area contributed by atoms with Gasteiger partial charge in [0.15, 0.2) is 5.60 Å². The van der Waals surface area contributed by atoms with Crippen molar-refractivity contribution in [1.29, 1.82) is 0 Å². The van der Waals surface area contributed by atoms with Crippen LogP contribution < -0.4 is 5.32 Å². The van der Waals surface area contributed by atoms with Crippen LogP contribution in [0, 0.1) is 5.41 Å². The Bertz CT molecular complexity index is 1080. The van der Waals surface area contributed by atoms with Crippen molar-refractivity contribution in [2.75, 3.05) is 19.7 Å². The Hall–Kier alpha value is -3.39. The second-order valence-corrected chi connectivity index (χ2v) is 10.4. The molecule has 0 bridgehead atoms. The minimum Gasteiger partial charge on any atom is -0.479 e. The molecule has 1 aliphatic carbocycles. The average molecular weight is 481 g/mol. The van der Waals surface area contributed by atoms with Crippen LogP contribution in [0.4, 0.5) is 4.79 Å². The summed E-state index contributed by atoms with van der Waals surface area (Å²) in [6.07, 6.45) is -0.801. The number of carbonyl (C=O) groups is 3. The minimum atomic E-state index is -1.83. The molecule has 0 unspecified atom stereocenters. The second-order valence-electron chi connectivity index (χ2n) is 10.4. The van der Waals surface area contributed by atoms with Crippen LogP contribution in [0.15, 0.2) is 48.5 Å². The van der Waals surface area contributed by atoms with Gasteiger partial charge in [-0.1, -0.05) is 69.3 Å². The fourth-order valence-corrected chi connectivity index (χ4v) is 4.90. The highest BCUT2D eigenvalue weighted by molar-refractivity contribution is 5.87. The summed E-state index contributed by atoms with van der Waals surface area (Å²) < 4.78 is 5.63. The van der Waals surface area contributed by atoms with Gasteiger partial charge in [0.05, 0.1) is 0 Å². The Kier molecular flexibility index (Phi) is 6.60. The maximum absolute atomic E-state index is 13.3. The number of carboxylic acid groups (broad SMARTS) is 1. The van der Waals surface area contributed by atoms with E-state index in [-0.39, 0.29) is 44.4 Å². The van der Waals surface area contributed by atoms with Crippen molar-refractivity contribution in [3.8, 4) is 11.1 Å². The normalized spacial score (nSPS) is 17.8. The number of carboxylic acids is 1. The highest BCUT2D eigenvalue weighted by Gasteiger charge is 2.43. The van der Waals surface area contributed by atoms with Crippen molar-refractivity contribution >= 4 is 18.0 Å². The lowest BCUT2D eigenvalue weighted by Gasteiger charge is -2.39. The van der Waals surface area contributed by atoms with Crippen molar-refractivity contribution in [2.45, 2.75) is 51.2 Å². The maximum atomic E-state index is 13.3. The number of benzene rings is 2. The number of hydrogen-bond acceptors (Lipinski definition) is 5. The largest absolute Gasteiger partial charge is 0.479 e. The van der Waals surface area contributed by atoms with Gasteiger partial charge in [-0.05, 0) is 27.7 Å². The van der Waals surface area contributed by atoms with E-state index in [1.165, 1.54) is 4.90 Å². The van der Waals surface area contributed by atoms with Gasteiger partial charge in [0.2, 0.25) is 5.91 Å². The number of ether oxygens (including phenoxy) is 1. The molecule has 0 saturated carbocycles. The summed E-state index contributed by atoms with van der Waals surface area (Å²) in [6.45, 7) is 5.87. The van der Waals surface area contributed by atoms with Gasteiger partial charge in [0.25, 0.3) is 0 Å². The first-order chi connectivity index (χ1) is 16.5. The summed E-state index contributed by atoms with van der Waals surface area (Å²) >= 11 is 0. The van der Waals surface area contributed by atoms with Crippen molar-refractivity contribution in [1.82, 2.24) is 10.2 Å². The number of aliphatic carboxylic acids is 1. The summed E-state index contributed by atoms with van der Waals surface area (Å²) in [7, 11) is 0. The van der Waals surface area contributed by atoms with Crippen LogP contribution in [0.2, 0.25) is 0 Å². The molecule has 2 aliphatic rings. The Morgan fingerprint density at radius 2 is 1.54 bits per heavy atom. The van der Waals surface area contributed by atoms with Gasteiger partial charge < -0.3 is 25.2 Å². The number of nitrogens with one attached hydrogen (secondary N) is 1. The average Bonchev–Trinajstić information content (AvgIpc) is 3.14. The summed E-state index contributed by atoms with van der Waals surface area (Å²) in [6, 6.07) is 15.3. The Morgan fingerprint density at radius 1 is 1.03 bits per heavy atom. The molecule has 4 rings (SSSR count).